The van der Waals surface area contributed by atoms with E-state index in [9.17, 15) is 8.42 Å². The van der Waals surface area contributed by atoms with Gasteiger partial charge in [0.05, 0.1) is 9.74 Å². The first-order valence-electron chi connectivity index (χ1n) is 6.23. The molecule has 0 spiro atoms. The third-order valence-electron chi connectivity index (χ3n) is 3.68. The maximum atomic E-state index is 12.5. The van der Waals surface area contributed by atoms with Crippen LogP contribution in [-0.4, -0.2) is 41.8 Å². The average Bonchev–Trinajstić information content (AvgIpc) is 2.86. The summed E-state index contributed by atoms with van der Waals surface area (Å²) in [6.45, 7) is 2.85. The van der Waals surface area contributed by atoms with Crippen molar-refractivity contribution in [2.75, 3.05) is 19.3 Å². The maximum absolute atomic E-state index is 12.5. The van der Waals surface area contributed by atoms with Crippen LogP contribution in [0.1, 0.15) is 17.7 Å². The highest BCUT2D eigenvalue weighted by molar-refractivity contribution is 8.02. The first-order valence-corrected chi connectivity index (χ1v) is 10.1. The summed E-state index contributed by atoms with van der Waals surface area (Å²) >= 11 is 8.09. The Balaban J connectivity index is 2.16. The molecule has 20 heavy (non-hydrogen) atoms. The Morgan fingerprint density at radius 3 is 2.45 bits per heavy atom. The van der Waals surface area contributed by atoms with Crippen molar-refractivity contribution in [2.24, 2.45) is 5.73 Å². The molecule has 0 bridgehead atoms. The van der Waals surface area contributed by atoms with Gasteiger partial charge in [-0.15, -0.1) is 11.3 Å². The third-order valence-corrected chi connectivity index (χ3v) is 8.98. The predicted molar refractivity (Wildman–Crippen MR) is 90.1 cm³/mol. The number of hydrogen-bond donors (Lipinski definition) is 1. The zero-order valence-corrected chi connectivity index (χ0v) is 14.7. The highest BCUT2D eigenvalue weighted by atomic mass is 32.2. The number of aryl methyl sites for hydroxylation is 1. The number of sulfonamides is 1. The van der Waals surface area contributed by atoms with E-state index in [1.54, 1.807) is 22.1 Å². The van der Waals surface area contributed by atoms with Crippen LogP contribution < -0.4 is 5.73 Å². The van der Waals surface area contributed by atoms with Gasteiger partial charge in [0.2, 0.25) is 0 Å². The Hall–Kier alpha value is -0.150. The van der Waals surface area contributed by atoms with E-state index in [1.807, 2.05) is 19.2 Å². The lowest BCUT2D eigenvalue weighted by Crippen LogP contribution is -2.50. The largest absolute Gasteiger partial charge is 0.392 e. The highest BCUT2D eigenvalue weighted by Crippen LogP contribution is 2.37. The normalized spacial score (nSPS) is 19.9. The molecule has 112 valence electrons. The van der Waals surface area contributed by atoms with Crippen LogP contribution in [0.25, 0.3) is 0 Å². The maximum Gasteiger partial charge on any atom is 0.252 e. The quantitative estimate of drug-likeness (QED) is 0.844. The van der Waals surface area contributed by atoms with Crippen LogP contribution in [-0.2, 0) is 10.0 Å². The van der Waals surface area contributed by atoms with Gasteiger partial charge in [-0.3, -0.25) is 0 Å². The molecule has 1 saturated heterocycles. The van der Waals surface area contributed by atoms with Crippen LogP contribution in [0.4, 0.5) is 0 Å². The fourth-order valence-corrected chi connectivity index (χ4v) is 6.44. The second-order valence-corrected chi connectivity index (χ2v) is 9.91. The Morgan fingerprint density at radius 2 is 2.05 bits per heavy atom. The van der Waals surface area contributed by atoms with Gasteiger partial charge in [0.25, 0.3) is 10.0 Å². The lowest BCUT2D eigenvalue weighted by atomic mass is 9.97. The molecular formula is C12H18N2O2S4. The van der Waals surface area contributed by atoms with E-state index in [0.717, 1.165) is 4.88 Å². The summed E-state index contributed by atoms with van der Waals surface area (Å²) in [6, 6.07) is 3.52. The van der Waals surface area contributed by atoms with Crippen molar-refractivity contribution in [2.45, 2.75) is 28.7 Å². The molecule has 1 fully saturated rings. The number of nitrogens with two attached hydrogens (primary N) is 1. The van der Waals surface area contributed by atoms with Gasteiger partial charge < -0.3 is 5.73 Å². The zero-order valence-electron chi connectivity index (χ0n) is 11.5. The summed E-state index contributed by atoms with van der Waals surface area (Å²) in [4.78, 5) is 1.48. The molecule has 8 heteroatoms. The van der Waals surface area contributed by atoms with Crippen LogP contribution in [0, 0.1) is 6.92 Å². The summed E-state index contributed by atoms with van der Waals surface area (Å²) < 4.78 is 26.8. The average molecular weight is 351 g/mol. The van der Waals surface area contributed by atoms with Crippen molar-refractivity contribution in [1.82, 2.24) is 4.31 Å². The molecule has 2 N–H and O–H groups in total. The van der Waals surface area contributed by atoms with Crippen molar-refractivity contribution < 1.29 is 8.42 Å². The van der Waals surface area contributed by atoms with Gasteiger partial charge in [0.1, 0.15) is 4.21 Å². The molecule has 0 unspecified atom stereocenters. The Bertz CT molecular complexity index is 601. The van der Waals surface area contributed by atoms with Gasteiger partial charge in [-0.05, 0) is 38.2 Å². The third kappa shape index (κ3) is 2.89. The van der Waals surface area contributed by atoms with Crippen molar-refractivity contribution in [3.8, 4) is 0 Å². The minimum absolute atomic E-state index is 0.257. The Kier molecular flexibility index (Phi) is 4.80. The molecule has 1 aromatic rings. The molecular weight excluding hydrogens is 332 g/mol. The van der Waals surface area contributed by atoms with Crippen LogP contribution in [0.5, 0.6) is 0 Å². The molecule has 1 aliphatic rings. The molecule has 0 atom stereocenters. The van der Waals surface area contributed by atoms with Crippen LogP contribution in [0.15, 0.2) is 16.3 Å². The molecule has 2 rings (SSSR count). The van der Waals surface area contributed by atoms with Crippen LogP contribution >= 0.6 is 35.3 Å². The Labute approximate surface area is 133 Å². The number of nitrogens with zero attached hydrogens (tertiary/aromatic N) is 1. The first kappa shape index (κ1) is 16.2. The van der Waals surface area contributed by atoms with Gasteiger partial charge in [0.15, 0.2) is 0 Å². The van der Waals surface area contributed by atoms with Crippen molar-refractivity contribution in [3.63, 3.8) is 0 Å². The topological polar surface area (TPSA) is 63.4 Å². The molecule has 0 radical (unpaired) electrons. The van der Waals surface area contributed by atoms with Gasteiger partial charge in [-0.25, -0.2) is 8.42 Å². The minimum Gasteiger partial charge on any atom is -0.392 e. The van der Waals surface area contributed by atoms with Crippen molar-refractivity contribution in [3.05, 3.63) is 17.0 Å². The minimum atomic E-state index is -3.37. The SMILES string of the molecule is CSC1(C(N)=S)CCN(S(=O)(=O)c2ccc(C)s2)CC1. The number of thiocarbonyl (C=S) groups is 1. The lowest BCUT2D eigenvalue weighted by molar-refractivity contribution is 0.333. The smallest absolute Gasteiger partial charge is 0.252 e. The van der Waals surface area contributed by atoms with Crippen LogP contribution in [0.2, 0.25) is 0 Å². The molecule has 0 aliphatic carbocycles. The molecule has 2 heterocycles. The lowest BCUT2D eigenvalue weighted by Gasteiger charge is -2.39. The standard InChI is InChI=1S/C12H18N2O2S4/c1-9-3-4-10(19-9)20(15,16)14-7-5-12(18-2,6-8-14)11(13)17/h3-4H,5-8H2,1-2H3,(H2,13,17). The summed E-state index contributed by atoms with van der Waals surface area (Å²) in [6.07, 6.45) is 3.33. The summed E-state index contributed by atoms with van der Waals surface area (Å²) in [5, 5.41) is 0. The van der Waals surface area contributed by atoms with E-state index in [2.05, 4.69) is 0 Å². The van der Waals surface area contributed by atoms with Gasteiger partial charge in [-0.2, -0.15) is 16.1 Å². The van der Waals surface area contributed by atoms with Crippen molar-refractivity contribution >= 4 is 50.3 Å². The second kappa shape index (κ2) is 5.92. The fourth-order valence-electron chi connectivity index (χ4n) is 2.32. The monoisotopic (exact) mass is 350 g/mol. The number of thiophene rings is 1. The van der Waals surface area contributed by atoms with E-state index in [1.165, 1.54) is 11.3 Å². The van der Waals surface area contributed by atoms with E-state index < -0.39 is 10.0 Å². The molecule has 0 aromatic carbocycles. The van der Waals surface area contributed by atoms with Crippen molar-refractivity contribution in [1.29, 1.82) is 0 Å². The number of piperidine rings is 1. The van der Waals surface area contributed by atoms with Gasteiger partial charge in [0, 0.05) is 18.0 Å². The first-order chi connectivity index (χ1) is 9.32. The van der Waals surface area contributed by atoms with E-state index in [0.29, 0.717) is 35.1 Å². The van der Waals surface area contributed by atoms with Crippen LogP contribution in [0.3, 0.4) is 0 Å². The van der Waals surface area contributed by atoms with Gasteiger partial charge in [-0.1, -0.05) is 12.2 Å². The summed E-state index contributed by atoms with van der Waals surface area (Å²) in [5.74, 6) is 0. The number of thioether (sulfide) groups is 1. The molecule has 0 amide bonds. The summed E-state index contributed by atoms with van der Waals surface area (Å²) in [5.41, 5.74) is 5.83. The predicted octanol–water partition coefficient (Wildman–Crippen LogP) is 2.23. The summed E-state index contributed by atoms with van der Waals surface area (Å²) in [7, 11) is -3.37. The number of rotatable bonds is 4. The van der Waals surface area contributed by atoms with E-state index in [-0.39, 0.29) is 4.75 Å². The fraction of sp³-hybridized carbons (Fsp3) is 0.583. The molecule has 1 aliphatic heterocycles. The zero-order chi connectivity index (χ0) is 15.0. The molecule has 1 aromatic heterocycles. The van der Waals surface area contributed by atoms with E-state index >= 15 is 0 Å². The molecule has 0 saturated carbocycles. The number of hydrogen-bond acceptors (Lipinski definition) is 5. The van der Waals surface area contributed by atoms with E-state index in [4.69, 9.17) is 18.0 Å². The Morgan fingerprint density at radius 1 is 1.45 bits per heavy atom. The second-order valence-electron chi connectivity index (χ2n) is 4.83. The molecule has 4 nitrogen and oxygen atoms in total. The highest BCUT2D eigenvalue weighted by Gasteiger charge is 2.40. The van der Waals surface area contributed by atoms with Gasteiger partial charge >= 0.3 is 0 Å².